The zero-order valence-electron chi connectivity index (χ0n) is 11.5. The van der Waals surface area contributed by atoms with Crippen LogP contribution in [0.3, 0.4) is 0 Å². The minimum absolute atomic E-state index is 0.155. The van der Waals surface area contributed by atoms with Crippen LogP contribution in [0.5, 0.6) is 0 Å². The summed E-state index contributed by atoms with van der Waals surface area (Å²) in [5.74, 6) is -0.802. The Bertz CT molecular complexity index is 518. The lowest BCUT2D eigenvalue weighted by molar-refractivity contribution is -0.114. The Hall–Kier alpha value is -2.10. The van der Waals surface area contributed by atoms with Gasteiger partial charge in [0, 0.05) is 23.4 Å². The summed E-state index contributed by atoms with van der Waals surface area (Å²) >= 11 is 0. The minimum Gasteiger partial charge on any atom is -0.478 e. The Kier molecular flexibility index (Phi) is 5.30. The number of allylic oxidation sites excluding steroid dienone is 2. The van der Waals surface area contributed by atoms with Crippen molar-refractivity contribution in [3.63, 3.8) is 0 Å². The van der Waals surface area contributed by atoms with Crippen LogP contribution in [-0.4, -0.2) is 16.9 Å². The zero-order chi connectivity index (χ0) is 14.4. The molecule has 1 aromatic carbocycles. The van der Waals surface area contributed by atoms with E-state index in [9.17, 15) is 9.59 Å². The predicted molar refractivity (Wildman–Crippen MR) is 75.3 cm³/mol. The van der Waals surface area contributed by atoms with Gasteiger partial charge in [0.05, 0.1) is 5.56 Å². The zero-order valence-corrected chi connectivity index (χ0v) is 11.5. The third-order valence-corrected chi connectivity index (χ3v) is 2.88. The number of carboxylic acid groups (broad SMARTS) is 1. The third-order valence-electron chi connectivity index (χ3n) is 2.88. The molecule has 19 heavy (non-hydrogen) atoms. The number of aromatic carboxylic acids is 1. The van der Waals surface area contributed by atoms with Gasteiger partial charge in [-0.05, 0) is 31.5 Å². The molecule has 0 amide bonds. The van der Waals surface area contributed by atoms with Gasteiger partial charge in [-0.2, -0.15) is 0 Å². The normalized spacial score (nSPS) is 13.9. The van der Waals surface area contributed by atoms with Crippen LogP contribution in [0.4, 0.5) is 5.69 Å². The Balaban J connectivity index is 0.000000861. The summed E-state index contributed by atoms with van der Waals surface area (Å²) in [5.41, 5.74) is 2.56. The first-order chi connectivity index (χ1) is 9.08. The van der Waals surface area contributed by atoms with Crippen LogP contribution < -0.4 is 5.32 Å². The van der Waals surface area contributed by atoms with E-state index < -0.39 is 5.97 Å². The molecular formula is C15H19NO3. The molecular weight excluding hydrogens is 242 g/mol. The molecule has 2 rings (SSSR count). The van der Waals surface area contributed by atoms with E-state index >= 15 is 0 Å². The lowest BCUT2D eigenvalue weighted by atomic mass is 10.2. The van der Waals surface area contributed by atoms with Crippen molar-refractivity contribution in [1.82, 2.24) is 0 Å². The van der Waals surface area contributed by atoms with E-state index in [0.717, 1.165) is 11.3 Å². The van der Waals surface area contributed by atoms with E-state index in [1.165, 1.54) is 6.07 Å². The highest BCUT2D eigenvalue weighted by atomic mass is 16.4. The van der Waals surface area contributed by atoms with Gasteiger partial charge in [0.25, 0.3) is 0 Å². The van der Waals surface area contributed by atoms with Crippen LogP contribution in [0.1, 0.15) is 44.0 Å². The van der Waals surface area contributed by atoms with Gasteiger partial charge >= 0.3 is 5.97 Å². The summed E-state index contributed by atoms with van der Waals surface area (Å²) < 4.78 is 0. The Morgan fingerprint density at radius 2 is 1.95 bits per heavy atom. The van der Waals surface area contributed by atoms with Gasteiger partial charge in [-0.25, -0.2) is 4.79 Å². The minimum atomic E-state index is -0.957. The molecule has 0 spiro atoms. The van der Waals surface area contributed by atoms with Crippen molar-refractivity contribution in [2.75, 3.05) is 5.32 Å². The summed E-state index contributed by atoms with van der Waals surface area (Å²) in [6.07, 6.45) is 1.23. The molecule has 0 atom stereocenters. The Morgan fingerprint density at radius 1 is 1.26 bits per heavy atom. The van der Waals surface area contributed by atoms with Crippen molar-refractivity contribution in [3.05, 3.63) is 41.1 Å². The average Bonchev–Trinajstić information content (AvgIpc) is 2.73. The molecule has 4 heteroatoms. The van der Waals surface area contributed by atoms with Gasteiger partial charge in [-0.15, -0.1) is 0 Å². The Morgan fingerprint density at radius 3 is 2.47 bits per heavy atom. The third kappa shape index (κ3) is 3.68. The molecule has 2 N–H and O–H groups in total. The molecule has 0 bridgehead atoms. The van der Waals surface area contributed by atoms with Crippen molar-refractivity contribution in [2.45, 2.75) is 33.6 Å². The summed E-state index contributed by atoms with van der Waals surface area (Å²) in [7, 11) is 0. The van der Waals surface area contributed by atoms with Gasteiger partial charge in [0.2, 0.25) is 0 Å². The van der Waals surface area contributed by atoms with Crippen LogP contribution >= 0.6 is 0 Å². The topological polar surface area (TPSA) is 66.4 Å². The van der Waals surface area contributed by atoms with Crippen LogP contribution in [0.25, 0.3) is 0 Å². The fourth-order valence-electron chi connectivity index (χ4n) is 1.84. The summed E-state index contributed by atoms with van der Waals surface area (Å²) in [6.45, 7) is 5.79. The maximum Gasteiger partial charge on any atom is 0.335 e. The first kappa shape index (κ1) is 15.0. The summed E-state index contributed by atoms with van der Waals surface area (Å²) in [6, 6.07) is 6.56. The van der Waals surface area contributed by atoms with Crippen LogP contribution in [-0.2, 0) is 4.79 Å². The number of Topliss-reactive ketones (excluding diaryl/α,β-unsaturated/α-hetero) is 1. The van der Waals surface area contributed by atoms with E-state index in [1.54, 1.807) is 25.1 Å². The average molecular weight is 261 g/mol. The molecule has 0 radical (unpaired) electrons. The number of rotatable bonds is 3. The number of carbonyl (C=O) groups is 2. The molecule has 0 saturated heterocycles. The Labute approximate surface area is 113 Å². The van der Waals surface area contributed by atoms with Crippen LogP contribution in [0.2, 0.25) is 0 Å². The maximum absolute atomic E-state index is 11.4. The molecule has 0 aliphatic heterocycles. The maximum atomic E-state index is 11.4. The smallest absolute Gasteiger partial charge is 0.335 e. The molecule has 1 aromatic rings. The molecule has 0 fully saturated rings. The largest absolute Gasteiger partial charge is 0.478 e. The van der Waals surface area contributed by atoms with E-state index in [4.69, 9.17) is 5.11 Å². The van der Waals surface area contributed by atoms with Crippen molar-refractivity contribution in [3.8, 4) is 0 Å². The van der Waals surface area contributed by atoms with E-state index in [1.807, 2.05) is 13.8 Å². The van der Waals surface area contributed by atoms with Crippen molar-refractivity contribution in [1.29, 1.82) is 0 Å². The van der Waals surface area contributed by atoms with Crippen molar-refractivity contribution < 1.29 is 14.7 Å². The fourth-order valence-corrected chi connectivity index (χ4v) is 1.84. The number of benzene rings is 1. The molecule has 4 nitrogen and oxygen atoms in total. The molecule has 102 valence electrons. The summed E-state index contributed by atoms with van der Waals surface area (Å²) in [4.78, 5) is 22.2. The van der Waals surface area contributed by atoms with E-state index in [-0.39, 0.29) is 11.3 Å². The quantitative estimate of drug-likeness (QED) is 0.874. The van der Waals surface area contributed by atoms with Crippen molar-refractivity contribution in [2.24, 2.45) is 0 Å². The molecule has 0 heterocycles. The van der Waals surface area contributed by atoms with Crippen molar-refractivity contribution >= 4 is 17.4 Å². The van der Waals surface area contributed by atoms with Crippen LogP contribution in [0, 0.1) is 0 Å². The van der Waals surface area contributed by atoms with Gasteiger partial charge in [-0.3, -0.25) is 4.79 Å². The molecule has 0 aromatic heterocycles. The second kappa shape index (κ2) is 6.73. The highest BCUT2D eigenvalue weighted by Crippen LogP contribution is 2.24. The number of carboxylic acids is 1. The number of ketones is 1. The van der Waals surface area contributed by atoms with Gasteiger partial charge < -0.3 is 10.4 Å². The lowest BCUT2D eigenvalue weighted by Crippen LogP contribution is -2.02. The standard InChI is InChI=1S/C13H13NO3.C2H6/c1-8-11(5-6-12(8)15)14-10-4-2-3-9(7-10)13(16)17;1-2/h2-4,7,14H,5-6H2,1H3,(H,16,17);1-2H3. The molecule has 0 unspecified atom stereocenters. The lowest BCUT2D eigenvalue weighted by Gasteiger charge is -2.08. The number of hydrogen-bond acceptors (Lipinski definition) is 3. The van der Waals surface area contributed by atoms with Gasteiger partial charge in [-0.1, -0.05) is 19.9 Å². The monoisotopic (exact) mass is 261 g/mol. The highest BCUT2D eigenvalue weighted by Gasteiger charge is 2.19. The summed E-state index contributed by atoms with van der Waals surface area (Å²) in [5, 5.41) is 12.0. The number of carbonyl (C=O) groups excluding carboxylic acids is 1. The SMILES string of the molecule is CC.CC1=C(Nc2cccc(C(=O)O)c2)CCC1=O. The van der Waals surface area contributed by atoms with Gasteiger partial charge in [0.1, 0.15) is 0 Å². The van der Waals surface area contributed by atoms with E-state index in [0.29, 0.717) is 18.5 Å². The predicted octanol–water partition coefficient (Wildman–Crippen LogP) is 3.46. The fraction of sp³-hybridized carbons (Fsp3) is 0.333. The molecule has 1 aliphatic rings. The highest BCUT2D eigenvalue weighted by molar-refractivity contribution is 5.98. The second-order valence-corrected chi connectivity index (χ2v) is 4.04. The van der Waals surface area contributed by atoms with E-state index in [2.05, 4.69) is 5.32 Å². The second-order valence-electron chi connectivity index (χ2n) is 4.04. The first-order valence-corrected chi connectivity index (χ1v) is 6.41. The number of hydrogen-bond donors (Lipinski definition) is 2. The first-order valence-electron chi connectivity index (χ1n) is 6.41. The number of anilines is 1. The molecule has 0 saturated carbocycles. The van der Waals surface area contributed by atoms with Crippen LogP contribution in [0.15, 0.2) is 35.5 Å². The molecule has 1 aliphatic carbocycles. The number of nitrogens with one attached hydrogen (secondary N) is 1. The van der Waals surface area contributed by atoms with Gasteiger partial charge in [0.15, 0.2) is 5.78 Å².